The number of carbonyl (C=O) groups excluding carboxylic acids is 3. The number of morpholine rings is 1. The number of likely N-dealkylation sites (tertiary alicyclic amines) is 1. The molecule has 2 aliphatic heterocycles. The van der Waals surface area contributed by atoms with Crippen LogP contribution in [0.5, 0.6) is 0 Å². The highest BCUT2D eigenvalue weighted by Gasteiger charge is 2.33. The number of benzene rings is 1. The highest BCUT2D eigenvalue weighted by Crippen LogP contribution is 2.23. The molecular weight excluding hydrogens is 406 g/mol. The maximum absolute atomic E-state index is 12.8. The van der Waals surface area contributed by atoms with Crippen molar-refractivity contribution in [3.05, 3.63) is 35.4 Å². The van der Waals surface area contributed by atoms with Gasteiger partial charge in [0, 0.05) is 43.7 Å². The standard InChI is InChI=1S/C25H37N3O4/c1-17-14-28(15-18(2)32-17)23(30)20-10-8-19(9-11-20)13-26-22(29)21-7-6-12-27(16-21)24(31)25(3,4)5/h8-11,17-18,21H,6-7,12-16H2,1-5H3,(H,26,29). The van der Waals surface area contributed by atoms with Gasteiger partial charge in [0.15, 0.2) is 0 Å². The van der Waals surface area contributed by atoms with Gasteiger partial charge in [0.05, 0.1) is 18.1 Å². The average Bonchev–Trinajstić information content (AvgIpc) is 2.75. The van der Waals surface area contributed by atoms with Crippen LogP contribution in [-0.2, 0) is 20.9 Å². The minimum absolute atomic E-state index is 0.00778. The van der Waals surface area contributed by atoms with Crippen LogP contribution in [0.4, 0.5) is 0 Å². The number of nitrogens with zero attached hydrogens (tertiary/aromatic N) is 2. The molecule has 2 fully saturated rings. The first-order chi connectivity index (χ1) is 15.0. The van der Waals surface area contributed by atoms with Crippen LogP contribution in [0, 0.1) is 11.3 Å². The molecule has 0 radical (unpaired) electrons. The third kappa shape index (κ3) is 6.09. The molecule has 0 aliphatic carbocycles. The maximum atomic E-state index is 12.8. The molecular formula is C25H37N3O4. The Morgan fingerprint density at radius 3 is 2.22 bits per heavy atom. The van der Waals surface area contributed by atoms with Gasteiger partial charge in [-0.25, -0.2) is 0 Å². The average molecular weight is 444 g/mol. The Morgan fingerprint density at radius 1 is 1.00 bits per heavy atom. The molecule has 2 heterocycles. The predicted molar refractivity (Wildman–Crippen MR) is 123 cm³/mol. The molecule has 0 bridgehead atoms. The lowest BCUT2D eigenvalue weighted by Crippen LogP contribution is -2.48. The second kappa shape index (κ2) is 10.0. The number of ether oxygens (including phenoxy) is 1. The maximum Gasteiger partial charge on any atom is 0.254 e. The van der Waals surface area contributed by atoms with Gasteiger partial charge in [0.25, 0.3) is 5.91 Å². The largest absolute Gasteiger partial charge is 0.372 e. The first-order valence-electron chi connectivity index (χ1n) is 11.7. The van der Waals surface area contributed by atoms with Crippen LogP contribution in [0.2, 0.25) is 0 Å². The monoisotopic (exact) mass is 443 g/mol. The van der Waals surface area contributed by atoms with Crippen molar-refractivity contribution >= 4 is 17.7 Å². The summed E-state index contributed by atoms with van der Waals surface area (Å²) in [5.74, 6) is -0.0956. The van der Waals surface area contributed by atoms with E-state index in [0.29, 0.717) is 31.7 Å². The van der Waals surface area contributed by atoms with Crippen molar-refractivity contribution in [3.63, 3.8) is 0 Å². The van der Waals surface area contributed by atoms with Crippen LogP contribution in [0.15, 0.2) is 24.3 Å². The second-order valence-electron chi connectivity index (χ2n) is 10.2. The second-order valence-corrected chi connectivity index (χ2v) is 10.2. The predicted octanol–water partition coefficient (Wildman–Crippen LogP) is 2.84. The molecule has 1 N–H and O–H groups in total. The van der Waals surface area contributed by atoms with E-state index in [4.69, 9.17) is 4.74 Å². The fourth-order valence-electron chi connectivity index (χ4n) is 4.47. The fraction of sp³-hybridized carbons (Fsp3) is 0.640. The van der Waals surface area contributed by atoms with Crippen molar-refractivity contribution < 1.29 is 19.1 Å². The van der Waals surface area contributed by atoms with E-state index in [1.165, 1.54) is 0 Å². The highest BCUT2D eigenvalue weighted by atomic mass is 16.5. The van der Waals surface area contributed by atoms with Crippen LogP contribution in [0.1, 0.15) is 63.4 Å². The molecule has 7 nitrogen and oxygen atoms in total. The van der Waals surface area contributed by atoms with Gasteiger partial charge in [-0.3, -0.25) is 14.4 Å². The van der Waals surface area contributed by atoms with Crippen molar-refractivity contribution in [1.82, 2.24) is 15.1 Å². The fourth-order valence-corrected chi connectivity index (χ4v) is 4.47. The van der Waals surface area contributed by atoms with E-state index in [1.807, 2.05) is 68.7 Å². The van der Waals surface area contributed by atoms with Crippen LogP contribution >= 0.6 is 0 Å². The number of piperidine rings is 1. The molecule has 1 aromatic rings. The summed E-state index contributed by atoms with van der Waals surface area (Å²) in [5, 5.41) is 3.00. The van der Waals surface area contributed by atoms with Crippen molar-refractivity contribution in [1.29, 1.82) is 0 Å². The molecule has 3 unspecified atom stereocenters. The summed E-state index contributed by atoms with van der Waals surface area (Å²) in [6.45, 7) is 12.5. The summed E-state index contributed by atoms with van der Waals surface area (Å²) in [7, 11) is 0. The lowest BCUT2D eigenvalue weighted by atomic mass is 9.91. The lowest BCUT2D eigenvalue weighted by Gasteiger charge is -2.36. The molecule has 0 saturated carbocycles. The number of hydrogen-bond donors (Lipinski definition) is 1. The molecule has 0 spiro atoms. The zero-order valence-electron chi connectivity index (χ0n) is 20.0. The molecule has 2 saturated heterocycles. The van der Waals surface area contributed by atoms with E-state index in [2.05, 4.69) is 5.32 Å². The molecule has 7 heteroatoms. The lowest BCUT2D eigenvalue weighted by molar-refractivity contribution is -0.142. The Morgan fingerprint density at radius 2 is 1.62 bits per heavy atom. The first-order valence-corrected chi connectivity index (χ1v) is 11.7. The third-order valence-corrected chi connectivity index (χ3v) is 6.10. The van der Waals surface area contributed by atoms with Gasteiger partial charge in [-0.05, 0) is 44.4 Å². The van der Waals surface area contributed by atoms with Gasteiger partial charge in [-0.2, -0.15) is 0 Å². The van der Waals surface area contributed by atoms with Crippen LogP contribution < -0.4 is 5.32 Å². The summed E-state index contributed by atoms with van der Waals surface area (Å²) in [6.07, 6.45) is 1.71. The molecule has 1 aromatic carbocycles. The number of rotatable bonds is 4. The number of nitrogens with one attached hydrogen (secondary N) is 1. The summed E-state index contributed by atoms with van der Waals surface area (Å²) in [5.41, 5.74) is 1.15. The normalized spacial score (nSPS) is 24.2. The molecule has 176 valence electrons. The van der Waals surface area contributed by atoms with Crippen molar-refractivity contribution in [3.8, 4) is 0 Å². The quantitative estimate of drug-likeness (QED) is 0.776. The summed E-state index contributed by atoms with van der Waals surface area (Å²) in [4.78, 5) is 41.7. The Balaban J connectivity index is 1.52. The molecule has 32 heavy (non-hydrogen) atoms. The first kappa shape index (κ1) is 24.2. The van der Waals surface area contributed by atoms with Gasteiger partial charge >= 0.3 is 0 Å². The van der Waals surface area contributed by atoms with E-state index >= 15 is 0 Å². The van der Waals surface area contributed by atoms with Crippen LogP contribution in [0.3, 0.4) is 0 Å². The Kier molecular flexibility index (Phi) is 7.59. The van der Waals surface area contributed by atoms with Crippen LogP contribution in [-0.4, -0.2) is 65.9 Å². The van der Waals surface area contributed by atoms with E-state index in [1.54, 1.807) is 0 Å². The summed E-state index contributed by atoms with van der Waals surface area (Å²) in [6, 6.07) is 7.41. The smallest absolute Gasteiger partial charge is 0.254 e. The Hall–Kier alpha value is -2.41. The zero-order valence-corrected chi connectivity index (χ0v) is 20.0. The SMILES string of the molecule is CC1CN(C(=O)c2ccc(CNC(=O)C3CCCN(C(=O)C(C)(C)C)C3)cc2)CC(C)O1. The highest BCUT2D eigenvalue weighted by molar-refractivity contribution is 5.94. The van der Waals surface area contributed by atoms with Gasteiger partial charge in [0.1, 0.15) is 0 Å². The third-order valence-electron chi connectivity index (χ3n) is 6.10. The zero-order chi connectivity index (χ0) is 23.5. The van der Waals surface area contributed by atoms with E-state index in [-0.39, 0.29) is 35.8 Å². The molecule has 3 atom stereocenters. The van der Waals surface area contributed by atoms with Crippen LogP contribution in [0.25, 0.3) is 0 Å². The number of amides is 3. The van der Waals surface area contributed by atoms with Crippen molar-refractivity contribution in [2.24, 2.45) is 11.3 Å². The Labute approximate surface area is 191 Å². The topological polar surface area (TPSA) is 79.0 Å². The van der Waals surface area contributed by atoms with Crippen molar-refractivity contribution in [2.75, 3.05) is 26.2 Å². The molecule has 3 amide bonds. The summed E-state index contributed by atoms with van der Waals surface area (Å²) < 4.78 is 5.71. The van der Waals surface area contributed by atoms with Gasteiger partial charge in [-0.1, -0.05) is 32.9 Å². The van der Waals surface area contributed by atoms with Gasteiger partial charge in [0.2, 0.25) is 11.8 Å². The molecule has 3 rings (SSSR count). The Bertz CT molecular complexity index is 821. The summed E-state index contributed by atoms with van der Waals surface area (Å²) >= 11 is 0. The minimum atomic E-state index is -0.436. The van der Waals surface area contributed by atoms with Crippen molar-refractivity contribution in [2.45, 2.75) is 66.2 Å². The van der Waals surface area contributed by atoms with Gasteiger partial charge < -0.3 is 19.9 Å². The number of hydrogen-bond acceptors (Lipinski definition) is 4. The molecule has 2 aliphatic rings. The minimum Gasteiger partial charge on any atom is -0.372 e. The van der Waals surface area contributed by atoms with E-state index in [9.17, 15) is 14.4 Å². The number of carbonyl (C=O) groups is 3. The van der Waals surface area contributed by atoms with Gasteiger partial charge in [-0.15, -0.1) is 0 Å². The molecule has 0 aromatic heterocycles. The van der Waals surface area contributed by atoms with E-state index in [0.717, 1.165) is 24.9 Å². The van der Waals surface area contributed by atoms with E-state index < -0.39 is 5.41 Å².